The van der Waals surface area contributed by atoms with E-state index < -0.39 is 0 Å². The number of hydrogen-bond acceptors (Lipinski definition) is 5. The summed E-state index contributed by atoms with van der Waals surface area (Å²) in [7, 11) is 0. The van der Waals surface area contributed by atoms with Crippen LogP contribution in [0.25, 0.3) is 0 Å². The van der Waals surface area contributed by atoms with E-state index in [9.17, 15) is 0 Å². The molecule has 2 atom stereocenters. The van der Waals surface area contributed by atoms with Crippen molar-refractivity contribution in [3.05, 3.63) is 6.33 Å². The SMILES string of the molecule is CC1(C)CC2CC(C)(CN2c2ncnc(NC3CCCCC3)c2N)C1. The van der Waals surface area contributed by atoms with Crippen LogP contribution in [0.15, 0.2) is 6.33 Å². The standard InChI is InChI=1S/C20H33N5/c1-19(2)9-15-10-20(3,11-19)12-25(15)18-16(21)17(22-13-23-18)24-14-7-5-4-6-8-14/h13-15H,4-12,21H2,1-3H3,(H,22,23,24). The quantitative estimate of drug-likeness (QED) is 0.860. The third-order valence-corrected chi connectivity index (χ3v) is 6.50. The Bertz CT molecular complexity index is 637. The molecule has 1 aliphatic heterocycles. The maximum Gasteiger partial charge on any atom is 0.157 e. The Hall–Kier alpha value is -1.52. The van der Waals surface area contributed by atoms with Crippen LogP contribution < -0.4 is 16.0 Å². The molecule has 2 bridgehead atoms. The van der Waals surface area contributed by atoms with Gasteiger partial charge < -0.3 is 16.0 Å². The molecule has 138 valence electrons. The Balaban J connectivity index is 1.58. The lowest BCUT2D eigenvalue weighted by atomic mass is 9.65. The van der Waals surface area contributed by atoms with Crippen molar-refractivity contribution >= 4 is 17.3 Å². The summed E-state index contributed by atoms with van der Waals surface area (Å²) < 4.78 is 0. The van der Waals surface area contributed by atoms with Crippen LogP contribution in [0.5, 0.6) is 0 Å². The number of nitrogen functional groups attached to an aromatic ring is 1. The van der Waals surface area contributed by atoms with Gasteiger partial charge in [-0.2, -0.15) is 0 Å². The Morgan fingerprint density at radius 2 is 1.88 bits per heavy atom. The van der Waals surface area contributed by atoms with E-state index in [1.807, 2.05) is 0 Å². The Kier molecular flexibility index (Phi) is 4.08. The Morgan fingerprint density at radius 1 is 1.12 bits per heavy atom. The predicted octanol–water partition coefficient (Wildman–Crippen LogP) is 4.21. The number of fused-ring (bicyclic) bond motifs is 2. The number of anilines is 3. The normalized spacial score (nSPS) is 32.0. The molecule has 3 N–H and O–H groups in total. The first kappa shape index (κ1) is 16.9. The molecule has 2 heterocycles. The summed E-state index contributed by atoms with van der Waals surface area (Å²) in [5.41, 5.74) is 8.06. The van der Waals surface area contributed by atoms with Crippen molar-refractivity contribution in [1.29, 1.82) is 0 Å². The molecule has 0 aromatic carbocycles. The first-order valence-corrected chi connectivity index (χ1v) is 9.99. The second-order valence-electron chi connectivity index (χ2n) is 9.78. The number of hydrogen-bond donors (Lipinski definition) is 2. The van der Waals surface area contributed by atoms with Crippen molar-refractivity contribution in [1.82, 2.24) is 9.97 Å². The van der Waals surface area contributed by atoms with Crippen LogP contribution >= 0.6 is 0 Å². The van der Waals surface area contributed by atoms with Gasteiger partial charge in [-0.15, -0.1) is 0 Å². The zero-order valence-electron chi connectivity index (χ0n) is 16.0. The summed E-state index contributed by atoms with van der Waals surface area (Å²) >= 11 is 0. The summed E-state index contributed by atoms with van der Waals surface area (Å²) in [5, 5.41) is 3.60. The topological polar surface area (TPSA) is 67.1 Å². The minimum Gasteiger partial charge on any atom is -0.393 e. The minimum atomic E-state index is 0.376. The minimum absolute atomic E-state index is 0.376. The van der Waals surface area contributed by atoms with Crippen LogP contribution in [0.2, 0.25) is 0 Å². The fraction of sp³-hybridized carbons (Fsp3) is 0.800. The van der Waals surface area contributed by atoms with Gasteiger partial charge in [0, 0.05) is 18.6 Å². The Morgan fingerprint density at radius 3 is 2.64 bits per heavy atom. The fourth-order valence-electron chi connectivity index (χ4n) is 5.88. The highest BCUT2D eigenvalue weighted by Gasteiger charge is 2.50. The average Bonchev–Trinajstić information content (AvgIpc) is 2.79. The molecule has 5 heteroatoms. The molecule has 0 amide bonds. The van der Waals surface area contributed by atoms with Gasteiger partial charge in [-0.25, -0.2) is 9.97 Å². The van der Waals surface area contributed by atoms with Gasteiger partial charge in [0.05, 0.1) is 0 Å². The van der Waals surface area contributed by atoms with E-state index >= 15 is 0 Å². The van der Waals surface area contributed by atoms with Gasteiger partial charge in [-0.3, -0.25) is 0 Å². The molecule has 2 aliphatic carbocycles. The zero-order valence-corrected chi connectivity index (χ0v) is 16.0. The lowest BCUT2D eigenvalue weighted by molar-refractivity contribution is 0.136. The van der Waals surface area contributed by atoms with E-state index in [0.29, 0.717) is 22.9 Å². The third kappa shape index (κ3) is 3.30. The van der Waals surface area contributed by atoms with E-state index in [1.165, 1.54) is 51.4 Å². The Labute approximate surface area is 151 Å². The molecule has 25 heavy (non-hydrogen) atoms. The monoisotopic (exact) mass is 343 g/mol. The van der Waals surface area contributed by atoms with E-state index in [4.69, 9.17) is 5.73 Å². The van der Waals surface area contributed by atoms with Crippen molar-refractivity contribution < 1.29 is 0 Å². The molecule has 1 saturated heterocycles. The van der Waals surface area contributed by atoms with Crippen LogP contribution in [-0.4, -0.2) is 28.6 Å². The molecule has 3 aliphatic rings. The predicted molar refractivity (Wildman–Crippen MR) is 104 cm³/mol. The molecule has 2 saturated carbocycles. The number of rotatable bonds is 3. The van der Waals surface area contributed by atoms with Crippen molar-refractivity contribution in [2.24, 2.45) is 10.8 Å². The molecule has 3 fully saturated rings. The average molecular weight is 344 g/mol. The van der Waals surface area contributed by atoms with Gasteiger partial charge in [-0.05, 0) is 42.9 Å². The summed E-state index contributed by atoms with van der Waals surface area (Å²) in [6.07, 6.45) is 11.8. The number of nitrogens with zero attached hydrogens (tertiary/aromatic N) is 3. The van der Waals surface area contributed by atoms with E-state index in [0.717, 1.165) is 23.9 Å². The number of aromatic nitrogens is 2. The lowest BCUT2D eigenvalue weighted by Gasteiger charge is -2.39. The first-order valence-electron chi connectivity index (χ1n) is 9.99. The lowest BCUT2D eigenvalue weighted by Crippen LogP contribution is -2.35. The summed E-state index contributed by atoms with van der Waals surface area (Å²) in [4.78, 5) is 11.5. The highest BCUT2D eigenvalue weighted by Crippen LogP contribution is 2.54. The first-order chi connectivity index (χ1) is 11.9. The molecule has 2 unspecified atom stereocenters. The second kappa shape index (κ2) is 6.03. The van der Waals surface area contributed by atoms with Gasteiger partial charge in [-0.1, -0.05) is 40.0 Å². The maximum absolute atomic E-state index is 6.54. The molecule has 4 rings (SSSR count). The van der Waals surface area contributed by atoms with E-state index in [1.54, 1.807) is 6.33 Å². The van der Waals surface area contributed by atoms with Crippen LogP contribution in [0.4, 0.5) is 17.3 Å². The van der Waals surface area contributed by atoms with Crippen LogP contribution in [0.1, 0.15) is 72.1 Å². The van der Waals surface area contributed by atoms with Crippen molar-refractivity contribution in [3.63, 3.8) is 0 Å². The zero-order chi connectivity index (χ0) is 17.7. The fourth-order valence-corrected chi connectivity index (χ4v) is 5.88. The third-order valence-electron chi connectivity index (χ3n) is 6.50. The molecular weight excluding hydrogens is 310 g/mol. The number of nitrogens with one attached hydrogen (secondary N) is 1. The highest BCUT2D eigenvalue weighted by atomic mass is 15.3. The second-order valence-corrected chi connectivity index (χ2v) is 9.78. The van der Waals surface area contributed by atoms with Crippen molar-refractivity contribution in [2.45, 2.75) is 84.2 Å². The van der Waals surface area contributed by atoms with Gasteiger partial charge >= 0.3 is 0 Å². The van der Waals surface area contributed by atoms with Crippen LogP contribution in [0, 0.1) is 10.8 Å². The molecule has 5 nitrogen and oxygen atoms in total. The largest absolute Gasteiger partial charge is 0.393 e. The van der Waals surface area contributed by atoms with Gasteiger partial charge in [0.15, 0.2) is 11.6 Å². The molecule has 0 radical (unpaired) electrons. The van der Waals surface area contributed by atoms with Crippen LogP contribution in [0.3, 0.4) is 0 Å². The van der Waals surface area contributed by atoms with Gasteiger partial charge in [0.1, 0.15) is 12.0 Å². The summed E-state index contributed by atoms with van der Waals surface area (Å²) in [6.45, 7) is 8.30. The van der Waals surface area contributed by atoms with Crippen molar-refractivity contribution in [3.8, 4) is 0 Å². The van der Waals surface area contributed by atoms with Gasteiger partial charge in [0.25, 0.3) is 0 Å². The summed E-state index contributed by atoms with van der Waals surface area (Å²) in [6, 6.07) is 1.06. The highest BCUT2D eigenvalue weighted by molar-refractivity contribution is 5.75. The molecule has 0 spiro atoms. The molecular formula is C20H33N5. The molecule has 1 aromatic rings. The van der Waals surface area contributed by atoms with Crippen molar-refractivity contribution in [2.75, 3.05) is 22.5 Å². The van der Waals surface area contributed by atoms with Gasteiger partial charge in [0.2, 0.25) is 0 Å². The number of nitrogens with two attached hydrogens (primary N) is 1. The molecule has 1 aromatic heterocycles. The smallest absolute Gasteiger partial charge is 0.157 e. The van der Waals surface area contributed by atoms with E-state index in [-0.39, 0.29) is 0 Å². The maximum atomic E-state index is 6.54. The van der Waals surface area contributed by atoms with Crippen LogP contribution in [-0.2, 0) is 0 Å². The summed E-state index contributed by atoms with van der Waals surface area (Å²) in [5.74, 6) is 1.78. The van der Waals surface area contributed by atoms with E-state index in [2.05, 4.69) is 41.0 Å².